The highest BCUT2D eigenvalue weighted by molar-refractivity contribution is 6.29. The summed E-state index contributed by atoms with van der Waals surface area (Å²) in [5.41, 5.74) is 0.700. The van der Waals surface area contributed by atoms with Gasteiger partial charge < -0.3 is 0 Å². The van der Waals surface area contributed by atoms with Crippen LogP contribution in [0.3, 0.4) is 0 Å². The molecule has 2 heterocycles. The second-order valence-corrected chi connectivity index (χ2v) is 7.22. The van der Waals surface area contributed by atoms with E-state index in [9.17, 15) is 18.0 Å². The van der Waals surface area contributed by atoms with Gasteiger partial charge in [0.2, 0.25) is 0 Å². The van der Waals surface area contributed by atoms with Crippen LogP contribution in [-0.2, 0) is 11.0 Å². The van der Waals surface area contributed by atoms with Gasteiger partial charge >= 0.3 is 6.18 Å². The van der Waals surface area contributed by atoms with Crippen LogP contribution < -0.4 is 0 Å². The summed E-state index contributed by atoms with van der Waals surface area (Å²) in [5.74, 6) is 0.684. The third-order valence-corrected chi connectivity index (χ3v) is 5.57. The van der Waals surface area contributed by atoms with Crippen LogP contribution in [0.2, 0.25) is 0 Å². The number of rotatable bonds is 4. The van der Waals surface area contributed by atoms with Gasteiger partial charge in [0.25, 0.3) is 0 Å². The number of hydrogen-bond donors (Lipinski definition) is 0. The molecule has 1 aromatic heterocycles. The van der Waals surface area contributed by atoms with E-state index < -0.39 is 17.8 Å². The van der Waals surface area contributed by atoms with Crippen LogP contribution >= 0.6 is 0 Å². The Morgan fingerprint density at radius 2 is 1.86 bits per heavy atom. The fourth-order valence-electron chi connectivity index (χ4n) is 3.91. The van der Waals surface area contributed by atoms with Crippen LogP contribution in [0.25, 0.3) is 0 Å². The van der Waals surface area contributed by atoms with Crippen molar-refractivity contribution in [2.75, 3.05) is 6.54 Å². The zero-order valence-corrected chi connectivity index (χ0v) is 15.2. The maximum absolute atomic E-state index is 13.3. The molecule has 28 heavy (non-hydrogen) atoms. The van der Waals surface area contributed by atoms with Gasteiger partial charge in [-0.25, -0.2) is 9.97 Å². The van der Waals surface area contributed by atoms with Crippen molar-refractivity contribution in [3.63, 3.8) is 0 Å². The normalized spacial score (nSPS) is 23.0. The Morgan fingerprint density at radius 1 is 1.14 bits per heavy atom. The molecule has 0 bridgehead atoms. The lowest BCUT2D eigenvalue weighted by atomic mass is 9.67. The molecule has 0 N–H and O–H groups in total. The van der Waals surface area contributed by atoms with Crippen LogP contribution in [0.1, 0.15) is 60.2 Å². The molecule has 5 nitrogen and oxygen atoms in total. The Kier molecular flexibility index (Phi) is 4.64. The lowest BCUT2D eigenvalue weighted by Gasteiger charge is -2.38. The lowest BCUT2D eigenvalue weighted by Crippen LogP contribution is -2.28. The number of halogens is 3. The Morgan fingerprint density at radius 3 is 2.43 bits per heavy atom. The van der Waals surface area contributed by atoms with Gasteiger partial charge in [0, 0.05) is 18.3 Å². The van der Waals surface area contributed by atoms with E-state index in [0.29, 0.717) is 11.4 Å². The molecular formula is C20H19F3N4O. The molecule has 0 spiro atoms. The van der Waals surface area contributed by atoms with Crippen molar-refractivity contribution in [2.45, 2.75) is 43.8 Å². The number of carbonyl (C=O) groups is 1. The number of alkyl halides is 3. The van der Waals surface area contributed by atoms with E-state index in [4.69, 9.17) is 0 Å². The summed E-state index contributed by atoms with van der Waals surface area (Å²) in [6, 6.07) is 5.18. The Balaban J connectivity index is 1.72. The maximum Gasteiger partial charge on any atom is 0.416 e. The smallest absolute Gasteiger partial charge is 0.291 e. The summed E-state index contributed by atoms with van der Waals surface area (Å²) in [6.45, 7) is 1.86. The van der Waals surface area contributed by atoms with Gasteiger partial charge in [-0.05, 0) is 55.0 Å². The Bertz CT molecular complexity index is 913. The average molecular weight is 388 g/mol. The third-order valence-electron chi connectivity index (χ3n) is 5.57. The zero-order valence-electron chi connectivity index (χ0n) is 15.2. The molecule has 8 heteroatoms. The van der Waals surface area contributed by atoms with E-state index >= 15 is 0 Å². The van der Waals surface area contributed by atoms with E-state index in [1.54, 1.807) is 31.5 Å². The molecule has 1 fully saturated rings. The first-order chi connectivity index (χ1) is 13.3. The standard InChI is InChI=1S/C20H19F3N4O/c1-12(27-11-14(28)10-26-27)18-9-13(20(21,22)23)3-4-16(18)15-5-6-17(15)19-24-7-2-8-25-19/h2-4,7-10,12,15,17H,5-6,11H2,1H3/t12?,15-,17+/m0/s1. The van der Waals surface area contributed by atoms with Gasteiger partial charge in [-0.1, -0.05) is 6.07 Å². The second kappa shape index (κ2) is 7.00. The van der Waals surface area contributed by atoms with Gasteiger partial charge in [-0.2, -0.15) is 18.3 Å². The molecule has 1 saturated carbocycles. The number of ketones is 1. The van der Waals surface area contributed by atoms with Crippen molar-refractivity contribution in [3.8, 4) is 0 Å². The number of hydrazone groups is 1. The molecule has 0 amide bonds. The molecule has 146 valence electrons. The monoisotopic (exact) mass is 388 g/mol. The van der Waals surface area contributed by atoms with Gasteiger partial charge in [0.15, 0.2) is 5.78 Å². The van der Waals surface area contributed by atoms with E-state index in [-0.39, 0.29) is 24.2 Å². The molecule has 1 aliphatic carbocycles. The molecule has 1 aromatic carbocycles. The van der Waals surface area contributed by atoms with Crippen molar-refractivity contribution in [3.05, 3.63) is 59.2 Å². The van der Waals surface area contributed by atoms with Crippen LogP contribution in [-0.4, -0.2) is 33.5 Å². The first-order valence-electron chi connectivity index (χ1n) is 9.16. The first kappa shape index (κ1) is 18.6. The SMILES string of the molecule is CC(c1cc(C(F)(F)F)ccc1[C@@H]1CC[C@H]1c1ncccn1)N1CC(=O)C=N1. The molecule has 2 aromatic rings. The van der Waals surface area contributed by atoms with Crippen LogP contribution in [0.5, 0.6) is 0 Å². The van der Waals surface area contributed by atoms with Gasteiger partial charge in [-0.15, -0.1) is 0 Å². The molecule has 1 aliphatic heterocycles. The minimum atomic E-state index is -4.43. The van der Waals surface area contributed by atoms with Crippen molar-refractivity contribution in [2.24, 2.45) is 5.10 Å². The average Bonchev–Trinajstić information content (AvgIpc) is 3.07. The van der Waals surface area contributed by atoms with Gasteiger partial charge in [-0.3, -0.25) is 9.80 Å². The highest BCUT2D eigenvalue weighted by atomic mass is 19.4. The van der Waals surface area contributed by atoms with Crippen molar-refractivity contribution in [1.82, 2.24) is 15.0 Å². The predicted molar refractivity (Wildman–Crippen MR) is 96.8 cm³/mol. The molecular weight excluding hydrogens is 369 g/mol. The van der Waals surface area contributed by atoms with E-state index in [2.05, 4.69) is 15.1 Å². The number of nitrogens with zero attached hydrogens (tertiary/aromatic N) is 4. The van der Waals surface area contributed by atoms with E-state index in [0.717, 1.165) is 24.5 Å². The summed E-state index contributed by atoms with van der Waals surface area (Å²) in [6.07, 6.45) is 1.89. The topological polar surface area (TPSA) is 58.5 Å². The minimum Gasteiger partial charge on any atom is -0.291 e. The number of hydrogen-bond acceptors (Lipinski definition) is 5. The Hall–Kier alpha value is -2.77. The highest BCUT2D eigenvalue weighted by Gasteiger charge is 2.39. The van der Waals surface area contributed by atoms with Gasteiger partial charge in [0.1, 0.15) is 12.4 Å². The predicted octanol–water partition coefficient (Wildman–Crippen LogP) is 4.09. The largest absolute Gasteiger partial charge is 0.416 e. The molecule has 1 unspecified atom stereocenters. The minimum absolute atomic E-state index is 0.0458. The molecule has 0 saturated heterocycles. The summed E-state index contributed by atoms with van der Waals surface area (Å²) in [5, 5.41) is 5.59. The number of Topliss-reactive ketones (excluding diaryl/α,β-unsaturated/α-hetero) is 1. The Labute approximate surface area is 160 Å². The van der Waals surface area contributed by atoms with Crippen LogP contribution in [0.15, 0.2) is 41.8 Å². The lowest BCUT2D eigenvalue weighted by molar-refractivity contribution is -0.137. The van der Waals surface area contributed by atoms with E-state index in [1.807, 2.05) is 0 Å². The highest BCUT2D eigenvalue weighted by Crippen LogP contribution is 2.50. The quantitative estimate of drug-likeness (QED) is 0.792. The van der Waals surface area contributed by atoms with Crippen LogP contribution in [0, 0.1) is 0 Å². The molecule has 3 atom stereocenters. The summed E-state index contributed by atoms with van der Waals surface area (Å²) < 4.78 is 40.0. The summed E-state index contributed by atoms with van der Waals surface area (Å²) in [4.78, 5) is 20.2. The molecule has 4 rings (SSSR count). The third kappa shape index (κ3) is 3.39. The van der Waals surface area contributed by atoms with Crippen molar-refractivity contribution < 1.29 is 18.0 Å². The van der Waals surface area contributed by atoms with Crippen molar-refractivity contribution in [1.29, 1.82) is 0 Å². The number of carbonyl (C=O) groups excluding carboxylic acids is 1. The summed E-state index contributed by atoms with van der Waals surface area (Å²) in [7, 11) is 0. The fourth-order valence-corrected chi connectivity index (χ4v) is 3.91. The zero-order chi connectivity index (χ0) is 19.9. The fraction of sp³-hybridized carbons (Fsp3) is 0.400. The van der Waals surface area contributed by atoms with Crippen molar-refractivity contribution >= 4 is 12.0 Å². The second-order valence-electron chi connectivity index (χ2n) is 7.22. The molecule has 2 aliphatic rings. The maximum atomic E-state index is 13.3. The number of benzene rings is 1. The number of aromatic nitrogens is 2. The van der Waals surface area contributed by atoms with Crippen LogP contribution in [0.4, 0.5) is 13.2 Å². The first-order valence-corrected chi connectivity index (χ1v) is 9.16. The molecule has 0 radical (unpaired) electrons. The summed E-state index contributed by atoms with van der Waals surface area (Å²) >= 11 is 0. The van der Waals surface area contributed by atoms with E-state index in [1.165, 1.54) is 17.3 Å². The van der Waals surface area contributed by atoms with Gasteiger partial charge in [0.05, 0.1) is 17.8 Å².